The minimum Gasteiger partial charge on any atom is -0.481 e. The molecule has 1 aliphatic rings. The molecule has 2 N–H and O–H groups in total. The second-order valence-corrected chi connectivity index (χ2v) is 9.27. The lowest BCUT2D eigenvalue weighted by Crippen LogP contribution is -2.43. The summed E-state index contributed by atoms with van der Waals surface area (Å²) in [6, 6.07) is 7.30. The van der Waals surface area contributed by atoms with Crippen molar-refractivity contribution in [3.05, 3.63) is 64.8 Å². The van der Waals surface area contributed by atoms with Crippen LogP contribution in [0.5, 0.6) is 5.88 Å². The number of nitrogens with one attached hydrogen (secondary N) is 2. The molecular weight excluding hydrogens is 482 g/mol. The summed E-state index contributed by atoms with van der Waals surface area (Å²) in [6.07, 6.45) is 6.60. The molecule has 1 saturated heterocycles. The predicted molar refractivity (Wildman–Crippen MR) is 134 cm³/mol. The minimum absolute atomic E-state index is 0.0135. The van der Waals surface area contributed by atoms with Crippen molar-refractivity contribution in [2.24, 2.45) is 5.92 Å². The molecule has 0 bridgehead atoms. The normalized spacial score (nSPS) is 14.2. The highest BCUT2D eigenvalue weighted by atomic mass is 35.5. The predicted octanol–water partition coefficient (Wildman–Crippen LogP) is 3.26. The first-order valence-corrected chi connectivity index (χ1v) is 12.1. The molecule has 36 heavy (non-hydrogen) atoms. The van der Waals surface area contributed by atoms with E-state index in [4.69, 9.17) is 16.3 Å². The van der Waals surface area contributed by atoms with Crippen LogP contribution >= 0.6 is 11.6 Å². The third kappa shape index (κ3) is 4.90. The fourth-order valence-electron chi connectivity index (χ4n) is 4.37. The number of H-pyrrole nitrogens is 1. The van der Waals surface area contributed by atoms with Crippen molar-refractivity contribution in [1.29, 1.82) is 0 Å². The van der Waals surface area contributed by atoms with E-state index in [-0.39, 0.29) is 17.7 Å². The number of amides is 2. The minimum atomic E-state index is -0.162. The van der Waals surface area contributed by atoms with E-state index in [1.807, 2.05) is 35.9 Å². The van der Waals surface area contributed by atoms with Crippen LogP contribution in [0, 0.1) is 12.8 Å². The first-order valence-electron chi connectivity index (χ1n) is 11.7. The highest BCUT2D eigenvalue weighted by Crippen LogP contribution is 2.29. The topological polar surface area (TPSA) is 118 Å². The third-order valence-electron chi connectivity index (χ3n) is 6.37. The molecule has 11 heteroatoms. The fourth-order valence-corrected chi connectivity index (χ4v) is 4.57. The maximum Gasteiger partial charge on any atom is 0.271 e. The second-order valence-electron chi connectivity index (χ2n) is 8.86. The Morgan fingerprint density at radius 2 is 2.03 bits per heavy atom. The number of fused-ring (bicyclic) bond motifs is 1. The van der Waals surface area contributed by atoms with E-state index >= 15 is 0 Å². The van der Waals surface area contributed by atoms with E-state index in [1.165, 1.54) is 13.3 Å². The zero-order valence-electron chi connectivity index (χ0n) is 20.0. The Hall–Kier alpha value is -3.92. The molecule has 0 unspecified atom stereocenters. The fraction of sp³-hybridized carbons (Fsp3) is 0.320. The number of nitrogens with zero attached hydrogens (tertiary/aromatic N) is 5. The number of ether oxygens (including phenoxy) is 1. The van der Waals surface area contributed by atoms with Crippen LogP contribution in [0.3, 0.4) is 0 Å². The van der Waals surface area contributed by atoms with Crippen LogP contribution in [0.2, 0.25) is 5.02 Å². The van der Waals surface area contributed by atoms with Gasteiger partial charge in [-0.25, -0.2) is 9.97 Å². The Bertz CT molecular complexity index is 1420. The summed E-state index contributed by atoms with van der Waals surface area (Å²) in [5, 5.41) is 10.4. The molecule has 0 aliphatic carbocycles. The van der Waals surface area contributed by atoms with Gasteiger partial charge in [0.15, 0.2) is 0 Å². The quantitative estimate of drug-likeness (QED) is 0.413. The highest BCUT2D eigenvalue weighted by Gasteiger charge is 2.29. The number of imidazole rings is 1. The summed E-state index contributed by atoms with van der Waals surface area (Å²) in [6.45, 7) is 3.38. The van der Waals surface area contributed by atoms with Crippen LogP contribution in [0.25, 0.3) is 16.9 Å². The molecular formula is C25H26ClN7O3. The zero-order chi connectivity index (χ0) is 25.2. The molecule has 4 aromatic heterocycles. The van der Waals surface area contributed by atoms with Gasteiger partial charge in [-0.05, 0) is 37.5 Å². The molecule has 1 fully saturated rings. The molecule has 5 rings (SSSR count). The van der Waals surface area contributed by atoms with Crippen LogP contribution in [-0.4, -0.2) is 61.5 Å². The lowest BCUT2D eigenvalue weighted by molar-refractivity contribution is -0.126. The Balaban J connectivity index is 1.16. The van der Waals surface area contributed by atoms with Crippen LogP contribution in [-0.2, 0) is 11.3 Å². The number of aromatic amines is 1. The van der Waals surface area contributed by atoms with Gasteiger partial charge in [-0.1, -0.05) is 17.7 Å². The van der Waals surface area contributed by atoms with Gasteiger partial charge in [-0.15, -0.1) is 0 Å². The Morgan fingerprint density at radius 3 is 2.81 bits per heavy atom. The van der Waals surface area contributed by atoms with Crippen LogP contribution in [0.1, 0.15) is 34.6 Å². The summed E-state index contributed by atoms with van der Waals surface area (Å²) >= 11 is 6.25. The van der Waals surface area contributed by atoms with E-state index in [2.05, 4.69) is 25.5 Å². The largest absolute Gasteiger partial charge is 0.481 e. The lowest BCUT2D eigenvalue weighted by Gasteiger charge is -2.31. The van der Waals surface area contributed by atoms with Crippen molar-refractivity contribution in [1.82, 2.24) is 34.8 Å². The number of piperidine rings is 1. The van der Waals surface area contributed by atoms with Gasteiger partial charge in [0.25, 0.3) is 5.91 Å². The van der Waals surface area contributed by atoms with Gasteiger partial charge >= 0.3 is 0 Å². The molecule has 10 nitrogen and oxygen atoms in total. The van der Waals surface area contributed by atoms with Crippen molar-refractivity contribution >= 4 is 29.1 Å². The highest BCUT2D eigenvalue weighted by molar-refractivity contribution is 6.33. The maximum atomic E-state index is 13.0. The molecule has 1 aliphatic heterocycles. The SMILES string of the molecule is COc1cc(-c2cc(C(=O)N3CCC(C(=O)NCc4cn5cc(C)ccc5n4)CC3)[nH]n2)c(Cl)cn1. The standard InChI is InChI=1S/C25H26ClN7O3/c1-15-3-4-22-29-17(14-33(22)13-15)11-28-24(34)16-5-7-32(8-6-16)25(35)21-10-20(30-31-21)18-9-23(36-2)27-12-19(18)26/h3-4,9-10,12-14,16H,5-8,11H2,1-2H3,(H,28,34)(H,30,31). The average molecular weight is 508 g/mol. The van der Waals surface area contributed by atoms with Gasteiger partial charge in [-0.2, -0.15) is 5.10 Å². The van der Waals surface area contributed by atoms with Crippen molar-refractivity contribution in [3.8, 4) is 17.1 Å². The average Bonchev–Trinajstić information content (AvgIpc) is 3.54. The molecule has 0 spiro atoms. The van der Waals surface area contributed by atoms with Gasteiger partial charge < -0.3 is 19.4 Å². The van der Waals surface area contributed by atoms with Crippen molar-refractivity contribution in [2.45, 2.75) is 26.3 Å². The van der Waals surface area contributed by atoms with E-state index in [0.717, 1.165) is 16.9 Å². The Kier molecular flexibility index (Phi) is 6.60. The first-order chi connectivity index (χ1) is 17.4. The summed E-state index contributed by atoms with van der Waals surface area (Å²) in [7, 11) is 1.52. The lowest BCUT2D eigenvalue weighted by atomic mass is 9.95. The van der Waals surface area contributed by atoms with Crippen LogP contribution in [0.4, 0.5) is 0 Å². The first kappa shape index (κ1) is 23.8. The number of hydrogen-bond acceptors (Lipinski definition) is 6. The van der Waals surface area contributed by atoms with E-state index in [9.17, 15) is 9.59 Å². The number of carbonyl (C=O) groups is 2. The van der Waals surface area contributed by atoms with E-state index < -0.39 is 0 Å². The molecule has 0 radical (unpaired) electrons. The second kappa shape index (κ2) is 9.98. The van der Waals surface area contributed by atoms with Crippen molar-refractivity contribution < 1.29 is 14.3 Å². The van der Waals surface area contributed by atoms with Gasteiger partial charge in [0.1, 0.15) is 11.3 Å². The number of hydrogen-bond donors (Lipinski definition) is 2. The van der Waals surface area contributed by atoms with Gasteiger partial charge in [0.2, 0.25) is 11.8 Å². The van der Waals surface area contributed by atoms with Crippen molar-refractivity contribution in [2.75, 3.05) is 20.2 Å². The van der Waals surface area contributed by atoms with Gasteiger partial charge in [0, 0.05) is 43.0 Å². The summed E-state index contributed by atoms with van der Waals surface area (Å²) in [4.78, 5) is 36.1. The Labute approximate surface area is 212 Å². The number of likely N-dealkylation sites (tertiary alicyclic amines) is 1. The number of aryl methyl sites for hydroxylation is 1. The zero-order valence-corrected chi connectivity index (χ0v) is 20.7. The van der Waals surface area contributed by atoms with Crippen LogP contribution in [0.15, 0.2) is 42.9 Å². The summed E-state index contributed by atoms with van der Waals surface area (Å²) < 4.78 is 7.11. The number of halogens is 1. The van der Waals surface area contributed by atoms with Crippen LogP contribution < -0.4 is 10.1 Å². The van der Waals surface area contributed by atoms with Crippen molar-refractivity contribution in [3.63, 3.8) is 0 Å². The van der Waals surface area contributed by atoms with E-state index in [1.54, 1.807) is 17.0 Å². The molecule has 0 atom stereocenters. The third-order valence-corrected chi connectivity index (χ3v) is 6.67. The monoisotopic (exact) mass is 507 g/mol. The number of aromatic nitrogens is 5. The number of carbonyl (C=O) groups excluding carboxylic acids is 2. The van der Waals surface area contributed by atoms with Gasteiger partial charge in [0.05, 0.1) is 36.3 Å². The number of pyridine rings is 2. The molecule has 186 valence electrons. The molecule has 4 aromatic rings. The maximum absolute atomic E-state index is 13.0. The molecule has 2 amide bonds. The van der Waals surface area contributed by atoms with E-state index in [0.29, 0.717) is 60.3 Å². The molecule has 5 heterocycles. The molecule has 0 aromatic carbocycles. The number of methoxy groups -OCH3 is 1. The summed E-state index contributed by atoms with van der Waals surface area (Å²) in [5.74, 6) is 0.0841. The van der Waals surface area contributed by atoms with Gasteiger partial charge in [-0.3, -0.25) is 14.7 Å². The smallest absolute Gasteiger partial charge is 0.271 e. The number of rotatable bonds is 6. The summed E-state index contributed by atoms with van der Waals surface area (Å²) in [5.41, 5.74) is 4.31. The molecule has 0 saturated carbocycles. The Morgan fingerprint density at radius 1 is 1.22 bits per heavy atom.